The zero-order valence-corrected chi connectivity index (χ0v) is 23.6. The number of hydrogen-bond acceptors (Lipinski definition) is 6. The van der Waals surface area contributed by atoms with Crippen LogP contribution in [-0.4, -0.2) is 69.5 Å². The zero-order chi connectivity index (χ0) is 29.1. The van der Waals surface area contributed by atoms with E-state index < -0.39 is 11.9 Å². The molecule has 2 heterocycles. The number of carbonyl (C=O) groups is 3. The van der Waals surface area contributed by atoms with Crippen LogP contribution in [0.3, 0.4) is 0 Å². The third-order valence-corrected chi connectivity index (χ3v) is 7.08. The standard InChI is InChI=1S/C32H33N5O4/c1-20(2)41-31(39)27-22(4)33-29(24-12-6-5-7-13-24)35-28(27)30(38)36-17-18-37(21(3)19-36)32(40)34-26-16-10-14-23-11-8-9-15-25(23)26/h5-16,20-21H,17-19H2,1-4H3,(H,34,40). The number of ether oxygens (including phenoxy) is 1. The van der Waals surface area contributed by atoms with Crippen LogP contribution in [0.25, 0.3) is 22.2 Å². The smallest absolute Gasteiger partial charge is 0.342 e. The van der Waals surface area contributed by atoms with E-state index in [0.29, 0.717) is 18.1 Å². The lowest BCUT2D eigenvalue weighted by atomic mass is 10.1. The van der Waals surface area contributed by atoms with E-state index in [-0.39, 0.29) is 42.5 Å². The van der Waals surface area contributed by atoms with Gasteiger partial charge in [0.1, 0.15) is 11.3 Å². The average molecular weight is 552 g/mol. The molecule has 5 rings (SSSR count). The summed E-state index contributed by atoms with van der Waals surface area (Å²) in [4.78, 5) is 52.7. The van der Waals surface area contributed by atoms with Gasteiger partial charge >= 0.3 is 12.0 Å². The van der Waals surface area contributed by atoms with Crippen molar-refractivity contribution >= 4 is 34.4 Å². The number of urea groups is 1. The molecule has 1 unspecified atom stereocenters. The lowest BCUT2D eigenvalue weighted by Gasteiger charge is -2.39. The molecule has 3 amide bonds. The summed E-state index contributed by atoms with van der Waals surface area (Å²) in [6.07, 6.45) is -0.373. The second kappa shape index (κ2) is 11.8. The summed E-state index contributed by atoms with van der Waals surface area (Å²) in [5, 5.41) is 5.03. The van der Waals surface area contributed by atoms with Gasteiger partial charge < -0.3 is 19.9 Å². The first kappa shape index (κ1) is 27.8. The van der Waals surface area contributed by atoms with Gasteiger partial charge in [-0.3, -0.25) is 4.79 Å². The van der Waals surface area contributed by atoms with Crippen LogP contribution < -0.4 is 5.32 Å². The second-order valence-electron chi connectivity index (χ2n) is 10.4. The number of rotatable bonds is 5. The Kier molecular flexibility index (Phi) is 7.96. The van der Waals surface area contributed by atoms with E-state index in [0.717, 1.165) is 22.0 Å². The maximum atomic E-state index is 13.9. The fraction of sp³-hybridized carbons (Fsp3) is 0.281. The fourth-order valence-electron chi connectivity index (χ4n) is 5.08. The molecule has 9 nitrogen and oxygen atoms in total. The Morgan fingerprint density at radius 3 is 2.37 bits per heavy atom. The van der Waals surface area contributed by atoms with Gasteiger partial charge in [0.2, 0.25) is 0 Å². The van der Waals surface area contributed by atoms with Crippen molar-refractivity contribution in [1.29, 1.82) is 0 Å². The average Bonchev–Trinajstić information content (AvgIpc) is 2.96. The fourth-order valence-corrected chi connectivity index (χ4v) is 5.08. The number of aromatic nitrogens is 2. The third kappa shape index (κ3) is 5.89. The van der Waals surface area contributed by atoms with Gasteiger partial charge in [-0.15, -0.1) is 0 Å². The molecule has 1 aliphatic rings. The maximum Gasteiger partial charge on any atom is 0.342 e. The first-order valence-corrected chi connectivity index (χ1v) is 13.7. The third-order valence-electron chi connectivity index (χ3n) is 7.08. The summed E-state index contributed by atoms with van der Waals surface area (Å²) < 4.78 is 5.45. The van der Waals surface area contributed by atoms with Crippen molar-refractivity contribution in [3.63, 3.8) is 0 Å². The predicted octanol–water partition coefficient (Wildman–Crippen LogP) is 5.55. The van der Waals surface area contributed by atoms with Crippen LogP contribution >= 0.6 is 0 Å². The van der Waals surface area contributed by atoms with Gasteiger partial charge in [-0.2, -0.15) is 0 Å². The van der Waals surface area contributed by atoms with Crippen molar-refractivity contribution in [2.45, 2.75) is 39.8 Å². The quantitative estimate of drug-likeness (QED) is 0.326. The van der Waals surface area contributed by atoms with E-state index in [2.05, 4.69) is 15.3 Å². The lowest BCUT2D eigenvalue weighted by Crippen LogP contribution is -2.56. The zero-order valence-electron chi connectivity index (χ0n) is 23.6. The molecular formula is C32H33N5O4. The van der Waals surface area contributed by atoms with Crippen molar-refractivity contribution in [1.82, 2.24) is 19.8 Å². The summed E-state index contributed by atoms with van der Waals surface area (Å²) in [6.45, 7) is 7.97. The minimum atomic E-state index is -0.637. The van der Waals surface area contributed by atoms with Crippen LogP contribution in [0.15, 0.2) is 72.8 Å². The van der Waals surface area contributed by atoms with E-state index in [9.17, 15) is 14.4 Å². The largest absolute Gasteiger partial charge is 0.459 e. The molecule has 3 aromatic carbocycles. The highest BCUT2D eigenvalue weighted by molar-refractivity contribution is 6.05. The molecule has 1 aromatic heterocycles. The first-order chi connectivity index (χ1) is 19.7. The summed E-state index contributed by atoms with van der Waals surface area (Å²) in [7, 11) is 0. The number of anilines is 1. The van der Waals surface area contributed by atoms with Crippen molar-refractivity contribution in [2.24, 2.45) is 0 Å². The highest BCUT2D eigenvalue weighted by atomic mass is 16.5. The Balaban J connectivity index is 1.38. The number of esters is 1. The van der Waals surface area contributed by atoms with Gasteiger partial charge in [-0.05, 0) is 39.1 Å². The number of nitrogens with zero attached hydrogens (tertiary/aromatic N) is 4. The van der Waals surface area contributed by atoms with Crippen LogP contribution in [0.5, 0.6) is 0 Å². The van der Waals surface area contributed by atoms with E-state index in [1.165, 1.54) is 0 Å². The number of benzene rings is 3. The van der Waals surface area contributed by atoms with Crippen LogP contribution in [0.1, 0.15) is 47.3 Å². The van der Waals surface area contributed by atoms with Crippen molar-refractivity contribution in [2.75, 3.05) is 25.0 Å². The highest BCUT2D eigenvalue weighted by Crippen LogP contribution is 2.25. The monoisotopic (exact) mass is 551 g/mol. The van der Waals surface area contributed by atoms with Crippen LogP contribution in [-0.2, 0) is 4.74 Å². The van der Waals surface area contributed by atoms with Crippen molar-refractivity contribution in [3.8, 4) is 11.4 Å². The summed E-state index contributed by atoms with van der Waals surface area (Å²) in [5.74, 6) is -0.681. The van der Waals surface area contributed by atoms with Crippen LogP contribution in [0.2, 0.25) is 0 Å². The van der Waals surface area contributed by atoms with Gasteiger partial charge in [-0.1, -0.05) is 66.7 Å². The molecule has 9 heteroatoms. The number of fused-ring (bicyclic) bond motifs is 1. The van der Waals surface area contributed by atoms with Crippen molar-refractivity contribution < 1.29 is 19.1 Å². The number of aryl methyl sites for hydroxylation is 1. The van der Waals surface area contributed by atoms with Crippen molar-refractivity contribution in [3.05, 3.63) is 89.7 Å². The second-order valence-corrected chi connectivity index (χ2v) is 10.4. The number of piperazine rings is 1. The van der Waals surface area contributed by atoms with E-state index in [1.54, 1.807) is 30.6 Å². The molecular weight excluding hydrogens is 518 g/mol. The number of amides is 3. The molecule has 0 bridgehead atoms. The molecule has 0 spiro atoms. The Hall–Kier alpha value is -4.79. The van der Waals surface area contributed by atoms with Gasteiger partial charge in [-0.25, -0.2) is 19.6 Å². The van der Waals surface area contributed by atoms with E-state index >= 15 is 0 Å². The van der Waals surface area contributed by atoms with Crippen LogP contribution in [0.4, 0.5) is 10.5 Å². The minimum Gasteiger partial charge on any atom is -0.459 e. The van der Waals surface area contributed by atoms with Gasteiger partial charge in [0.15, 0.2) is 5.82 Å². The van der Waals surface area contributed by atoms with Gasteiger partial charge in [0.25, 0.3) is 5.91 Å². The molecule has 1 aliphatic heterocycles. The predicted molar refractivity (Wildman–Crippen MR) is 158 cm³/mol. The number of carbonyl (C=O) groups excluding carboxylic acids is 3. The SMILES string of the molecule is Cc1nc(-c2ccccc2)nc(C(=O)N2CCN(C(=O)Nc3cccc4ccccc34)C(C)C2)c1C(=O)OC(C)C. The van der Waals surface area contributed by atoms with Gasteiger partial charge in [0, 0.05) is 36.6 Å². The molecule has 0 radical (unpaired) electrons. The number of hydrogen-bond donors (Lipinski definition) is 1. The lowest BCUT2D eigenvalue weighted by molar-refractivity contribution is 0.0367. The van der Waals surface area contributed by atoms with Crippen LogP contribution in [0, 0.1) is 6.92 Å². The molecule has 1 N–H and O–H groups in total. The Labute approximate surface area is 239 Å². The molecule has 1 atom stereocenters. The Morgan fingerprint density at radius 2 is 1.63 bits per heavy atom. The van der Waals surface area contributed by atoms with E-state index in [1.807, 2.05) is 79.7 Å². The molecule has 0 saturated carbocycles. The minimum absolute atomic E-state index is 0.00265. The highest BCUT2D eigenvalue weighted by Gasteiger charge is 2.34. The van der Waals surface area contributed by atoms with Gasteiger partial charge in [0.05, 0.1) is 17.5 Å². The molecule has 1 fully saturated rings. The molecule has 0 aliphatic carbocycles. The molecule has 1 saturated heterocycles. The first-order valence-electron chi connectivity index (χ1n) is 13.7. The maximum absolute atomic E-state index is 13.9. The Bertz CT molecular complexity index is 1600. The summed E-state index contributed by atoms with van der Waals surface area (Å²) >= 11 is 0. The number of nitrogens with one attached hydrogen (secondary N) is 1. The molecule has 4 aromatic rings. The molecule has 210 valence electrons. The topological polar surface area (TPSA) is 105 Å². The Morgan fingerprint density at radius 1 is 0.927 bits per heavy atom. The normalized spacial score (nSPS) is 15.2. The summed E-state index contributed by atoms with van der Waals surface area (Å²) in [5.41, 5.74) is 1.90. The van der Waals surface area contributed by atoms with E-state index in [4.69, 9.17) is 4.74 Å². The molecule has 41 heavy (non-hydrogen) atoms. The summed E-state index contributed by atoms with van der Waals surface area (Å²) in [6, 6.07) is 22.5.